The average molecular weight is 278 g/mol. The van der Waals surface area contributed by atoms with Crippen LogP contribution in [0.25, 0.3) is 0 Å². The molecule has 0 spiro atoms. The van der Waals surface area contributed by atoms with Gasteiger partial charge in [0.15, 0.2) is 0 Å². The number of ether oxygens (including phenoxy) is 1. The van der Waals surface area contributed by atoms with E-state index in [9.17, 15) is 13.9 Å². The molecule has 0 aromatic heterocycles. The van der Waals surface area contributed by atoms with Crippen molar-refractivity contribution in [2.45, 2.75) is 26.6 Å². The third-order valence-corrected chi connectivity index (χ3v) is 3.11. The summed E-state index contributed by atoms with van der Waals surface area (Å²) in [5.74, 6) is -0.297. The van der Waals surface area contributed by atoms with Crippen molar-refractivity contribution in [1.29, 1.82) is 0 Å². The van der Waals surface area contributed by atoms with Crippen LogP contribution in [0.1, 0.15) is 29.7 Å². The van der Waals surface area contributed by atoms with Crippen LogP contribution >= 0.6 is 0 Å². The lowest BCUT2D eigenvalue weighted by molar-refractivity contribution is 0.189. The minimum atomic E-state index is -0.824. The lowest BCUT2D eigenvalue weighted by Gasteiger charge is -2.14. The maximum atomic E-state index is 13.2. The number of rotatable bonds is 4. The van der Waals surface area contributed by atoms with Gasteiger partial charge in [-0.25, -0.2) is 8.78 Å². The van der Waals surface area contributed by atoms with Crippen LogP contribution in [-0.4, -0.2) is 5.11 Å². The quantitative estimate of drug-likeness (QED) is 0.919. The molecule has 1 atom stereocenters. The molecular weight excluding hydrogens is 262 g/mol. The van der Waals surface area contributed by atoms with E-state index in [4.69, 9.17) is 4.74 Å². The first-order valence-electron chi connectivity index (χ1n) is 6.32. The third kappa shape index (κ3) is 3.33. The van der Waals surface area contributed by atoms with E-state index >= 15 is 0 Å². The molecular formula is C16H16F2O2. The maximum absolute atomic E-state index is 13.2. The van der Waals surface area contributed by atoms with Crippen LogP contribution in [0.15, 0.2) is 36.4 Å². The van der Waals surface area contributed by atoms with Crippen molar-refractivity contribution < 1.29 is 18.6 Å². The monoisotopic (exact) mass is 278 g/mol. The van der Waals surface area contributed by atoms with E-state index in [1.807, 2.05) is 0 Å². The van der Waals surface area contributed by atoms with Crippen LogP contribution in [0.3, 0.4) is 0 Å². The van der Waals surface area contributed by atoms with Gasteiger partial charge in [0, 0.05) is 5.56 Å². The van der Waals surface area contributed by atoms with Crippen molar-refractivity contribution in [1.82, 2.24) is 0 Å². The average Bonchev–Trinajstić information content (AvgIpc) is 2.38. The van der Waals surface area contributed by atoms with Crippen molar-refractivity contribution in [3.05, 3.63) is 64.7 Å². The number of halogens is 2. The van der Waals surface area contributed by atoms with Gasteiger partial charge in [0.1, 0.15) is 24.0 Å². The van der Waals surface area contributed by atoms with Crippen LogP contribution in [0.5, 0.6) is 5.75 Å². The van der Waals surface area contributed by atoms with Gasteiger partial charge in [0.05, 0.1) is 6.10 Å². The molecule has 0 unspecified atom stereocenters. The highest BCUT2D eigenvalue weighted by molar-refractivity contribution is 5.36. The Morgan fingerprint density at radius 2 is 1.75 bits per heavy atom. The van der Waals surface area contributed by atoms with Gasteiger partial charge in [-0.05, 0) is 55.3 Å². The SMILES string of the molecule is Cc1cc(F)ccc1COc1ccc(F)cc1[C@@H](C)O. The smallest absolute Gasteiger partial charge is 0.125 e. The zero-order chi connectivity index (χ0) is 14.7. The van der Waals surface area contributed by atoms with Gasteiger partial charge < -0.3 is 9.84 Å². The predicted molar refractivity (Wildman–Crippen MR) is 72.5 cm³/mol. The Labute approximate surface area is 116 Å². The van der Waals surface area contributed by atoms with Gasteiger partial charge in [0.2, 0.25) is 0 Å². The van der Waals surface area contributed by atoms with Crippen LogP contribution < -0.4 is 4.74 Å². The van der Waals surface area contributed by atoms with E-state index in [1.54, 1.807) is 19.9 Å². The number of aryl methyl sites for hydroxylation is 1. The molecule has 0 aliphatic heterocycles. The van der Waals surface area contributed by atoms with Crippen molar-refractivity contribution >= 4 is 0 Å². The molecule has 0 aliphatic carbocycles. The zero-order valence-corrected chi connectivity index (χ0v) is 11.4. The summed E-state index contributed by atoms with van der Waals surface area (Å²) in [4.78, 5) is 0. The number of aliphatic hydroxyl groups excluding tert-OH is 1. The largest absolute Gasteiger partial charge is 0.489 e. The Kier molecular flexibility index (Phi) is 4.35. The highest BCUT2D eigenvalue weighted by atomic mass is 19.1. The molecule has 0 amide bonds. The Morgan fingerprint density at radius 1 is 1.10 bits per heavy atom. The fourth-order valence-corrected chi connectivity index (χ4v) is 1.95. The lowest BCUT2D eigenvalue weighted by atomic mass is 10.1. The normalized spacial score (nSPS) is 12.2. The van der Waals surface area contributed by atoms with Crippen molar-refractivity contribution in [2.75, 3.05) is 0 Å². The molecule has 0 saturated carbocycles. The minimum absolute atomic E-state index is 0.234. The topological polar surface area (TPSA) is 29.5 Å². The number of benzene rings is 2. The molecule has 0 fully saturated rings. The summed E-state index contributed by atoms with van der Waals surface area (Å²) in [5, 5.41) is 9.62. The Hall–Kier alpha value is -1.94. The Morgan fingerprint density at radius 3 is 2.40 bits per heavy atom. The van der Waals surface area contributed by atoms with Crippen LogP contribution in [0, 0.1) is 18.6 Å². The summed E-state index contributed by atoms with van der Waals surface area (Å²) < 4.78 is 31.8. The summed E-state index contributed by atoms with van der Waals surface area (Å²) >= 11 is 0. The zero-order valence-electron chi connectivity index (χ0n) is 11.4. The van der Waals surface area contributed by atoms with Crippen LogP contribution in [0.2, 0.25) is 0 Å². The fraction of sp³-hybridized carbons (Fsp3) is 0.250. The first-order valence-corrected chi connectivity index (χ1v) is 6.32. The van der Waals surface area contributed by atoms with E-state index in [1.165, 1.54) is 30.3 Å². The summed E-state index contributed by atoms with van der Waals surface area (Å²) in [7, 11) is 0. The molecule has 2 aromatic rings. The van der Waals surface area contributed by atoms with Gasteiger partial charge in [-0.3, -0.25) is 0 Å². The molecule has 0 bridgehead atoms. The number of hydrogen-bond acceptors (Lipinski definition) is 2. The van der Waals surface area contributed by atoms with Crippen LogP contribution in [-0.2, 0) is 6.61 Å². The van der Waals surface area contributed by atoms with Gasteiger partial charge in [-0.1, -0.05) is 6.07 Å². The lowest BCUT2D eigenvalue weighted by Crippen LogP contribution is -2.03. The summed E-state index contributed by atoms with van der Waals surface area (Å²) in [6.45, 7) is 3.57. The highest BCUT2D eigenvalue weighted by Crippen LogP contribution is 2.27. The van der Waals surface area contributed by atoms with Crippen molar-refractivity contribution in [3.8, 4) is 5.75 Å². The standard InChI is InChI=1S/C16H16F2O2/c1-10-7-13(17)4-3-12(10)9-20-16-6-5-14(18)8-15(16)11(2)19/h3-8,11,19H,9H2,1-2H3/t11-/m1/s1. The minimum Gasteiger partial charge on any atom is -0.489 e. The van der Waals surface area contributed by atoms with Gasteiger partial charge in [-0.2, -0.15) is 0 Å². The Bertz CT molecular complexity index is 609. The van der Waals surface area contributed by atoms with Gasteiger partial charge in [0.25, 0.3) is 0 Å². The van der Waals surface area contributed by atoms with E-state index in [0.29, 0.717) is 11.3 Å². The van der Waals surface area contributed by atoms with E-state index in [0.717, 1.165) is 11.1 Å². The maximum Gasteiger partial charge on any atom is 0.125 e. The molecule has 20 heavy (non-hydrogen) atoms. The Balaban J connectivity index is 2.18. The first kappa shape index (κ1) is 14.5. The molecule has 4 heteroatoms. The molecule has 0 saturated heterocycles. The summed E-state index contributed by atoms with van der Waals surface area (Å²) in [6.07, 6.45) is -0.824. The molecule has 0 aliphatic rings. The molecule has 106 valence electrons. The van der Waals surface area contributed by atoms with E-state index < -0.39 is 11.9 Å². The summed E-state index contributed by atoms with van der Waals surface area (Å²) in [6, 6.07) is 8.45. The second-order valence-electron chi connectivity index (χ2n) is 4.72. The second kappa shape index (κ2) is 6.01. The van der Waals surface area contributed by atoms with Crippen LogP contribution in [0.4, 0.5) is 8.78 Å². The molecule has 2 rings (SSSR count). The van der Waals surface area contributed by atoms with Gasteiger partial charge >= 0.3 is 0 Å². The van der Waals surface area contributed by atoms with Crippen molar-refractivity contribution in [3.63, 3.8) is 0 Å². The second-order valence-corrected chi connectivity index (χ2v) is 4.72. The number of aliphatic hydroxyl groups is 1. The third-order valence-electron chi connectivity index (χ3n) is 3.11. The highest BCUT2D eigenvalue weighted by Gasteiger charge is 2.11. The van der Waals surface area contributed by atoms with Gasteiger partial charge in [-0.15, -0.1) is 0 Å². The van der Waals surface area contributed by atoms with E-state index in [2.05, 4.69) is 0 Å². The first-order chi connectivity index (χ1) is 9.47. The van der Waals surface area contributed by atoms with E-state index in [-0.39, 0.29) is 12.4 Å². The molecule has 1 N–H and O–H groups in total. The summed E-state index contributed by atoms with van der Waals surface area (Å²) in [5.41, 5.74) is 2.02. The molecule has 0 radical (unpaired) electrons. The molecule has 0 heterocycles. The molecule has 2 nitrogen and oxygen atoms in total. The molecule has 2 aromatic carbocycles. The predicted octanol–water partition coefficient (Wildman–Crippen LogP) is 3.91. The van der Waals surface area contributed by atoms with Crippen molar-refractivity contribution in [2.24, 2.45) is 0 Å². The fourth-order valence-electron chi connectivity index (χ4n) is 1.95. The number of hydrogen-bond donors (Lipinski definition) is 1.